The normalized spacial score (nSPS) is 11.1. The van der Waals surface area contributed by atoms with Gasteiger partial charge in [0.2, 0.25) is 0 Å². The lowest BCUT2D eigenvalue weighted by Crippen LogP contribution is -2.25. The molecule has 0 atom stereocenters. The van der Waals surface area contributed by atoms with E-state index in [1.54, 1.807) is 14.1 Å². The van der Waals surface area contributed by atoms with Crippen LogP contribution in [0.5, 0.6) is 5.75 Å². The molecule has 0 aliphatic rings. The van der Waals surface area contributed by atoms with Crippen molar-refractivity contribution in [2.24, 2.45) is 0 Å². The van der Waals surface area contributed by atoms with Crippen LogP contribution < -0.4 is 4.74 Å². The van der Waals surface area contributed by atoms with Crippen molar-refractivity contribution in [2.45, 2.75) is 26.2 Å². The average molecular weight is 221 g/mol. The van der Waals surface area contributed by atoms with E-state index in [-0.39, 0.29) is 11.5 Å². The van der Waals surface area contributed by atoms with E-state index in [0.29, 0.717) is 5.75 Å². The van der Waals surface area contributed by atoms with Crippen molar-refractivity contribution in [1.29, 1.82) is 0 Å². The van der Waals surface area contributed by atoms with Gasteiger partial charge >= 0.3 is 6.09 Å². The Bertz CT molecular complexity index is 361. The molecule has 3 nitrogen and oxygen atoms in total. The van der Waals surface area contributed by atoms with Crippen LogP contribution in [0.15, 0.2) is 24.3 Å². The number of benzene rings is 1. The first-order valence-electron chi connectivity index (χ1n) is 5.30. The van der Waals surface area contributed by atoms with Crippen LogP contribution in [0.2, 0.25) is 0 Å². The first-order chi connectivity index (χ1) is 7.30. The topological polar surface area (TPSA) is 29.5 Å². The smallest absolute Gasteiger partial charge is 0.410 e. The van der Waals surface area contributed by atoms with E-state index in [4.69, 9.17) is 4.74 Å². The Kier molecular flexibility index (Phi) is 3.58. The van der Waals surface area contributed by atoms with Gasteiger partial charge in [0.25, 0.3) is 0 Å². The second-order valence-electron chi connectivity index (χ2n) is 5.04. The molecule has 0 aliphatic carbocycles. The first kappa shape index (κ1) is 12.6. The fourth-order valence-electron chi connectivity index (χ4n) is 1.22. The summed E-state index contributed by atoms with van der Waals surface area (Å²) >= 11 is 0. The number of rotatable bonds is 1. The monoisotopic (exact) mass is 221 g/mol. The SMILES string of the molecule is CN(C)C(=O)Oc1ccc(C(C)(C)C)cc1. The van der Waals surface area contributed by atoms with Gasteiger partial charge in [0.1, 0.15) is 5.75 Å². The van der Waals surface area contributed by atoms with Crippen molar-refractivity contribution in [3.05, 3.63) is 29.8 Å². The molecular weight excluding hydrogens is 202 g/mol. The second-order valence-corrected chi connectivity index (χ2v) is 5.04. The van der Waals surface area contributed by atoms with Gasteiger partial charge in [-0.25, -0.2) is 4.79 Å². The highest BCUT2D eigenvalue weighted by atomic mass is 16.6. The summed E-state index contributed by atoms with van der Waals surface area (Å²) in [5, 5.41) is 0. The number of hydrogen-bond acceptors (Lipinski definition) is 2. The van der Waals surface area contributed by atoms with Crippen molar-refractivity contribution < 1.29 is 9.53 Å². The summed E-state index contributed by atoms with van der Waals surface area (Å²) in [6, 6.07) is 7.61. The molecule has 0 aliphatic heterocycles. The molecule has 3 heteroatoms. The van der Waals surface area contributed by atoms with Crippen LogP contribution in [-0.4, -0.2) is 25.1 Å². The Balaban J connectivity index is 2.76. The third-order valence-electron chi connectivity index (χ3n) is 2.29. The molecule has 16 heavy (non-hydrogen) atoms. The maximum Gasteiger partial charge on any atom is 0.414 e. The van der Waals surface area contributed by atoms with Crippen LogP contribution in [0.1, 0.15) is 26.3 Å². The molecule has 0 saturated heterocycles. The van der Waals surface area contributed by atoms with Gasteiger partial charge in [-0.2, -0.15) is 0 Å². The number of carbonyl (C=O) groups is 1. The minimum absolute atomic E-state index is 0.115. The fourth-order valence-corrected chi connectivity index (χ4v) is 1.22. The molecule has 0 heterocycles. The molecule has 1 amide bonds. The van der Waals surface area contributed by atoms with Crippen LogP contribution in [0.3, 0.4) is 0 Å². The molecule has 0 saturated carbocycles. The number of amides is 1. The summed E-state index contributed by atoms with van der Waals surface area (Å²) in [4.78, 5) is 12.7. The van der Waals surface area contributed by atoms with Crippen LogP contribution in [0.25, 0.3) is 0 Å². The first-order valence-corrected chi connectivity index (χ1v) is 5.30. The Morgan fingerprint density at radius 3 is 2.00 bits per heavy atom. The lowest BCUT2D eigenvalue weighted by molar-refractivity contribution is 0.172. The number of nitrogens with zero attached hydrogens (tertiary/aromatic N) is 1. The summed E-state index contributed by atoms with van der Waals surface area (Å²) in [5.74, 6) is 0.576. The van der Waals surface area contributed by atoms with E-state index < -0.39 is 0 Å². The van der Waals surface area contributed by atoms with Crippen molar-refractivity contribution in [2.75, 3.05) is 14.1 Å². The van der Waals surface area contributed by atoms with Crippen molar-refractivity contribution in [1.82, 2.24) is 4.90 Å². The van der Waals surface area contributed by atoms with Gasteiger partial charge in [-0.15, -0.1) is 0 Å². The predicted octanol–water partition coefficient (Wildman–Crippen LogP) is 3.04. The molecule has 88 valence electrons. The third-order valence-corrected chi connectivity index (χ3v) is 2.29. The zero-order valence-corrected chi connectivity index (χ0v) is 10.6. The molecule has 0 spiro atoms. The highest BCUT2D eigenvalue weighted by molar-refractivity contribution is 5.69. The Morgan fingerprint density at radius 2 is 1.62 bits per heavy atom. The van der Waals surface area contributed by atoms with E-state index in [1.165, 1.54) is 10.5 Å². The third kappa shape index (κ3) is 3.26. The zero-order chi connectivity index (χ0) is 12.3. The van der Waals surface area contributed by atoms with Gasteiger partial charge in [0, 0.05) is 14.1 Å². The average Bonchev–Trinajstić information content (AvgIpc) is 2.17. The quantitative estimate of drug-likeness (QED) is 0.729. The minimum Gasteiger partial charge on any atom is -0.410 e. The Labute approximate surface area is 97.0 Å². The molecule has 1 rings (SSSR count). The maximum atomic E-state index is 11.3. The van der Waals surface area contributed by atoms with Crippen LogP contribution in [-0.2, 0) is 5.41 Å². The largest absolute Gasteiger partial charge is 0.414 e. The number of ether oxygens (including phenoxy) is 1. The molecule has 0 unspecified atom stereocenters. The summed E-state index contributed by atoms with van der Waals surface area (Å²) in [6.07, 6.45) is -0.358. The van der Waals surface area contributed by atoms with E-state index in [9.17, 15) is 4.79 Å². The van der Waals surface area contributed by atoms with Gasteiger partial charge in [-0.3, -0.25) is 0 Å². The standard InChI is InChI=1S/C13H19NO2/c1-13(2,3)10-6-8-11(9-7-10)16-12(15)14(4)5/h6-9H,1-5H3. The van der Waals surface area contributed by atoms with Crippen LogP contribution in [0, 0.1) is 0 Å². The molecule has 0 radical (unpaired) electrons. The molecule has 0 N–H and O–H groups in total. The predicted molar refractivity (Wildman–Crippen MR) is 64.9 cm³/mol. The van der Waals surface area contributed by atoms with Gasteiger partial charge < -0.3 is 9.64 Å². The summed E-state index contributed by atoms with van der Waals surface area (Å²) in [5.41, 5.74) is 1.33. The molecule has 1 aromatic carbocycles. The molecule has 0 bridgehead atoms. The Morgan fingerprint density at radius 1 is 1.12 bits per heavy atom. The maximum absolute atomic E-state index is 11.3. The van der Waals surface area contributed by atoms with Gasteiger partial charge in [0.15, 0.2) is 0 Å². The van der Waals surface area contributed by atoms with Crippen molar-refractivity contribution in [3.63, 3.8) is 0 Å². The van der Waals surface area contributed by atoms with Gasteiger partial charge in [0.05, 0.1) is 0 Å². The van der Waals surface area contributed by atoms with Gasteiger partial charge in [-0.05, 0) is 23.1 Å². The molecule has 0 fully saturated rings. The number of hydrogen-bond donors (Lipinski definition) is 0. The highest BCUT2D eigenvalue weighted by Crippen LogP contribution is 2.24. The lowest BCUT2D eigenvalue weighted by atomic mass is 9.87. The van der Waals surface area contributed by atoms with E-state index in [1.807, 2.05) is 24.3 Å². The van der Waals surface area contributed by atoms with E-state index in [0.717, 1.165) is 0 Å². The van der Waals surface area contributed by atoms with Crippen molar-refractivity contribution in [3.8, 4) is 5.75 Å². The molecular formula is C13H19NO2. The molecule has 0 aromatic heterocycles. The minimum atomic E-state index is -0.358. The van der Waals surface area contributed by atoms with E-state index >= 15 is 0 Å². The fraction of sp³-hybridized carbons (Fsp3) is 0.462. The lowest BCUT2D eigenvalue weighted by Gasteiger charge is -2.19. The highest BCUT2D eigenvalue weighted by Gasteiger charge is 2.13. The van der Waals surface area contributed by atoms with Gasteiger partial charge in [-0.1, -0.05) is 32.9 Å². The second kappa shape index (κ2) is 4.56. The van der Waals surface area contributed by atoms with Crippen molar-refractivity contribution >= 4 is 6.09 Å². The van der Waals surface area contributed by atoms with Crippen LogP contribution in [0.4, 0.5) is 4.79 Å². The van der Waals surface area contributed by atoms with Crippen LogP contribution >= 0.6 is 0 Å². The summed E-state index contributed by atoms with van der Waals surface area (Å²) in [7, 11) is 3.32. The van der Waals surface area contributed by atoms with E-state index in [2.05, 4.69) is 20.8 Å². The Hall–Kier alpha value is -1.51. The summed E-state index contributed by atoms with van der Waals surface area (Å²) in [6.45, 7) is 6.44. The molecule has 1 aromatic rings. The zero-order valence-electron chi connectivity index (χ0n) is 10.6. The number of carbonyl (C=O) groups excluding carboxylic acids is 1. The summed E-state index contributed by atoms with van der Waals surface area (Å²) < 4.78 is 5.13.